The molecule has 0 aliphatic heterocycles. The summed E-state index contributed by atoms with van der Waals surface area (Å²) in [5.74, 6) is 0.759. The van der Waals surface area contributed by atoms with Crippen LogP contribution in [0.1, 0.15) is 37.5 Å². The number of aliphatic hydroxyl groups excluding tert-OH is 1. The first-order valence-electron chi connectivity index (χ1n) is 5.60. The van der Waals surface area contributed by atoms with Crippen LogP contribution in [0.25, 0.3) is 0 Å². The van der Waals surface area contributed by atoms with Crippen LogP contribution in [0.3, 0.4) is 0 Å². The van der Waals surface area contributed by atoms with Gasteiger partial charge in [-0.3, -0.25) is 0 Å². The topological polar surface area (TPSA) is 29.5 Å². The van der Waals surface area contributed by atoms with Gasteiger partial charge in [-0.15, -0.1) is 6.58 Å². The maximum atomic E-state index is 9.67. The lowest BCUT2D eigenvalue weighted by molar-refractivity contribution is 0.179. The van der Waals surface area contributed by atoms with E-state index < -0.39 is 6.10 Å². The van der Waals surface area contributed by atoms with Crippen molar-refractivity contribution in [2.45, 2.75) is 39.4 Å². The number of aryl methyl sites for hydroxylation is 1. The minimum Gasteiger partial charge on any atom is -0.490 e. The number of hydrogen-bond acceptors (Lipinski definition) is 2. The zero-order valence-electron chi connectivity index (χ0n) is 10.2. The molecule has 2 heteroatoms. The highest BCUT2D eigenvalue weighted by Crippen LogP contribution is 2.27. The van der Waals surface area contributed by atoms with E-state index in [4.69, 9.17) is 4.74 Å². The largest absolute Gasteiger partial charge is 0.490 e. The monoisotopic (exact) mass is 220 g/mol. The summed E-state index contributed by atoms with van der Waals surface area (Å²) in [5, 5.41) is 9.67. The van der Waals surface area contributed by atoms with Gasteiger partial charge in [0.2, 0.25) is 0 Å². The molecule has 0 aliphatic carbocycles. The van der Waals surface area contributed by atoms with Gasteiger partial charge in [-0.05, 0) is 32.9 Å². The van der Waals surface area contributed by atoms with E-state index in [1.807, 2.05) is 38.1 Å². The summed E-state index contributed by atoms with van der Waals surface area (Å²) in [7, 11) is 0. The average molecular weight is 220 g/mol. The van der Waals surface area contributed by atoms with Crippen molar-refractivity contribution in [3.63, 3.8) is 0 Å². The summed E-state index contributed by atoms with van der Waals surface area (Å²) in [6, 6.07) is 5.86. The minimum atomic E-state index is -0.508. The van der Waals surface area contributed by atoms with Crippen molar-refractivity contribution in [2.24, 2.45) is 0 Å². The van der Waals surface area contributed by atoms with Gasteiger partial charge in [0.05, 0.1) is 12.2 Å². The molecule has 1 N–H and O–H groups in total. The quantitative estimate of drug-likeness (QED) is 0.771. The van der Waals surface area contributed by atoms with Crippen LogP contribution < -0.4 is 4.74 Å². The van der Waals surface area contributed by atoms with E-state index in [1.165, 1.54) is 0 Å². The van der Waals surface area contributed by atoms with E-state index in [-0.39, 0.29) is 6.10 Å². The molecule has 1 unspecified atom stereocenters. The van der Waals surface area contributed by atoms with Crippen molar-refractivity contribution in [3.05, 3.63) is 42.0 Å². The Morgan fingerprint density at radius 2 is 2.12 bits per heavy atom. The van der Waals surface area contributed by atoms with Gasteiger partial charge < -0.3 is 9.84 Å². The van der Waals surface area contributed by atoms with Gasteiger partial charge in [0.1, 0.15) is 5.75 Å². The number of hydrogen-bond donors (Lipinski definition) is 1. The molecule has 0 radical (unpaired) electrons. The molecular formula is C14H20O2. The third kappa shape index (κ3) is 3.38. The summed E-state index contributed by atoms with van der Waals surface area (Å²) in [6.07, 6.45) is 2.21. The van der Waals surface area contributed by atoms with E-state index in [0.717, 1.165) is 23.3 Å². The Kier molecular flexibility index (Phi) is 4.56. The number of ether oxygens (including phenoxy) is 1. The first-order chi connectivity index (χ1) is 7.54. The second-order valence-electron chi connectivity index (χ2n) is 4.17. The number of aliphatic hydroxyl groups is 1. The molecule has 0 fully saturated rings. The Balaban J connectivity index is 2.90. The van der Waals surface area contributed by atoms with E-state index in [9.17, 15) is 5.11 Å². The molecule has 2 atom stereocenters. The molecular weight excluding hydrogens is 200 g/mol. The van der Waals surface area contributed by atoms with Gasteiger partial charge >= 0.3 is 0 Å². The Morgan fingerprint density at radius 1 is 1.44 bits per heavy atom. The lowest BCUT2D eigenvalue weighted by Gasteiger charge is -2.18. The fourth-order valence-electron chi connectivity index (χ4n) is 1.60. The zero-order valence-corrected chi connectivity index (χ0v) is 10.2. The molecule has 1 aromatic carbocycles. The first-order valence-corrected chi connectivity index (χ1v) is 5.60. The highest BCUT2D eigenvalue weighted by molar-refractivity contribution is 5.38. The second kappa shape index (κ2) is 5.71. The Morgan fingerprint density at radius 3 is 2.69 bits per heavy atom. The lowest BCUT2D eigenvalue weighted by Crippen LogP contribution is -2.12. The van der Waals surface area contributed by atoms with Crippen molar-refractivity contribution >= 4 is 0 Å². The van der Waals surface area contributed by atoms with Crippen molar-refractivity contribution in [1.82, 2.24) is 0 Å². The number of benzene rings is 1. The molecule has 0 spiro atoms. The second-order valence-corrected chi connectivity index (χ2v) is 4.17. The van der Waals surface area contributed by atoms with Gasteiger partial charge in [-0.1, -0.05) is 17.7 Å². The van der Waals surface area contributed by atoms with Crippen molar-refractivity contribution in [1.29, 1.82) is 0 Å². The highest BCUT2D eigenvalue weighted by atomic mass is 16.5. The van der Waals surface area contributed by atoms with Gasteiger partial charge in [0, 0.05) is 12.0 Å². The first kappa shape index (κ1) is 12.8. The summed E-state index contributed by atoms with van der Waals surface area (Å²) in [4.78, 5) is 0. The van der Waals surface area contributed by atoms with Gasteiger partial charge in [0.15, 0.2) is 0 Å². The lowest BCUT2D eigenvalue weighted by atomic mass is 10.1. The SMILES string of the molecule is C=CC[C@H](C)Oc1ccc(C)cc1C(C)O. The fraction of sp³-hybridized carbons (Fsp3) is 0.429. The molecule has 0 amide bonds. The zero-order chi connectivity index (χ0) is 12.1. The molecule has 0 heterocycles. The van der Waals surface area contributed by atoms with Crippen LogP contribution in [0.15, 0.2) is 30.9 Å². The summed E-state index contributed by atoms with van der Waals surface area (Å²) in [5.41, 5.74) is 1.97. The molecule has 0 bridgehead atoms. The van der Waals surface area contributed by atoms with E-state index in [0.29, 0.717) is 0 Å². The van der Waals surface area contributed by atoms with Crippen LogP contribution in [0.2, 0.25) is 0 Å². The highest BCUT2D eigenvalue weighted by Gasteiger charge is 2.11. The molecule has 1 aromatic rings. The van der Waals surface area contributed by atoms with Crippen molar-refractivity contribution in [2.75, 3.05) is 0 Å². The van der Waals surface area contributed by atoms with Gasteiger partial charge in [-0.2, -0.15) is 0 Å². The van der Waals surface area contributed by atoms with Crippen molar-refractivity contribution < 1.29 is 9.84 Å². The van der Waals surface area contributed by atoms with Crippen LogP contribution in [0.4, 0.5) is 0 Å². The van der Waals surface area contributed by atoms with E-state index >= 15 is 0 Å². The predicted octanol–water partition coefficient (Wildman–Crippen LogP) is 3.39. The Hall–Kier alpha value is -1.28. The summed E-state index contributed by atoms with van der Waals surface area (Å²) in [6.45, 7) is 9.43. The number of rotatable bonds is 5. The summed E-state index contributed by atoms with van der Waals surface area (Å²) >= 11 is 0. The van der Waals surface area contributed by atoms with Crippen LogP contribution in [0.5, 0.6) is 5.75 Å². The van der Waals surface area contributed by atoms with Crippen LogP contribution >= 0.6 is 0 Å². The van der Waals surface area contributed by atoms with Crippen LogP contribution in [0, 0.1) is 6.92 Å². The smallest absolute Gasteiger partial charge is 0.125 e. The van der Waals surface area contributed by atoms with Gasteiger partial charge in [-0.25, -0.2) is 0 Å². The predicted molar refractivity (Wildman–Crippen MR) is 66.7 cm³/mol. The molecule has 1 rings (SSSR count). The van der Waals surface area contributed by atoms with Crippen molar-refractivity contribution in [3.8, 4) is 5.75 Å². The molecule has 16 heavy (non-hydrogen) atoms. The van der Waals surface area contributed by atoms with E-state index in [1.54, 1.807) is 6.92 Å². The normalized spacial score (nSPS) is 14.2. The molecule has 0 aliphatic rings. The maximum Gasteiger partial charge on any atom is 0.125 e. The molecule has 0 saturated heterocycles. The third-order valence-corrected chi connectivity index (χ3v) is 2.44. The Bertz CT molecular complexity index is 356. The molecule has 88 valence electrons. The Labute approximate surface area is 97.6 Å². The average Bonchev–Trinajstić information content (AvgIpc) is 2.20. The molecule has 2 nitrogen and oxygen atoms in total. The minimum absolute atomic E-state index is 0.0812. The van der Waals surface area contributed by atoms with Crippen LogP contribution in [-0.2, 0) is 0 Å². The summed E-state index contributed by atoms with van der Waals surface area (Å²) < 4.78 is 5.77. The maximum absolute atomic E-state index is 9.67. The molecule has 0 aromatic heterocycles. The molecule has 0 saturated carbocycles. The third-order valence-electron chi connectivity index (χ3n) is 2.44. The van der Waals surface area contributed by atoms with Crippen LogP contribution in [-0.4, -0.2) is 11.2 Å². The fourth-order valence-corrected chi connectivity index (χ4v) is 1.60. The standard InChI is InChI=1S/C14H20O2/c1-5-6-11(3)16-14-8-7-10(2)9-13(14)12(4)15/h5,7-9,11-12,15H,1,6H2,2-4H3/t11-,12?/m0/s1. The van der Waals surface area contributed by atoms with Gasteiger partial charge in [0.25, 0.3) is 0 Å². The van der Waals surface area contributed by atoms with E-state index in [2.05, 4.69) is 6.58 Å².